The number of hydrogen-bond donors (Lipinski definition) is 1. The molecule has 208 valence electrons. The molecule has 0 radical (unpaired) electrons. The number of amides is 2. The predicted molar refractivity (Wildman–Crippen MR) is 155 cm³/mol. The van der Waals surface area contributed by atoms with Crippen LogP contribution in [0.2, 0.25) is 5.02 Å². The zero-order chi connectivity index (χ0) is 28.6. The van der Waals surface area contributed by atoms with Crippen molar-refractivity contribution in [1.82, 2.24) is 14.5 Å². The maximum Gasteiger partial charge on any atom is 0.243 e. The summed E-state index contributed by atoms with van der Waals surface area (Å²) in [5, 5.41) is 3.43. The minimum Gasteiger partial charge on any atom is -0.352 e. The Balaban J connectivity index is 1.99. The number of benzene rings is 3. The third-order valence-electron chi connectivity index (χ3n) is 6.75. The smallest absolute Gasteiger partial charge is 0.243 e. The molecule has 0 unspecified atom stereocenters. The highest BCUT2D eigenvalue weighted by Gasteiger charge is 2.33. The molecule has 1 N–H and O–H groups in total. The van der Waals surface area contributed by atoms with Crippen LogP contribution in [0.5, 0.6) is 0 Å². The Morgan fingerprint density at radius 2 is 1.56 bits per heavy atom. The van der Waals surface area contributed by atoms with Gasteiger partial charge in [0.25, 0.3) is 0 Å². The molecule has 3 rings (SSSR count). The maximum absolute atomic E-state index is 13.9. The molecule has 0 aliphatic heterocycles. The van der Waals surface area contributed by atoms with Crippen LogP contribution in [0, 0.1) is 6.92 Å². The third-order valence-corrected chi connectivity index (χ3v) is 8.82. The molecule has 0 aliphatic carbocycles. The number of halogens is 1. The topological polar surface area (TPSA) is 86.8 Å². The van der Waals surface area contributed by atoms with Gasteiger partial charge < -0.3 is 10.2 Å². The first-order chi connectivity index (χ1) is 18.5. The molecule has 0 saturated carbocycles. The van der Waals surface area contributed by atoms with E-state index in [1.54, 1.807) is 0 Å². The quantitative estimate of drug-likeness (QED) is 0.339. The summed E-state index contributed by atoms with van der Waals surface area (Å²) >= 11 is 5.93. The summed E-state index contributed by atoms with van der Waals surface area (Å²) in [6, 6.07) is 22.0. The second-order valence-corrected chi connectivity index (χ2v) is 12.2. The highest BCUT2D eigenvalue weighted by molar-refractivity contribution is 7.89. The van der Waals surface area contributed by atoms with Gasteiger partial charge in [0.2, 0.25) is 21.8 Å². The summed E-state index contributed by atoms with van der Waals surface area (Å²) in [4.78, 5) is 29.1. The van der Waals surface area contributed by atoms with Crippen LogP contribution in [0.3, 0.4) is 0 Å². The number of carbonyl (C=O) groups is 2. The molecule has 2 atom stereocenters. The number of likely N-dealkylation sites (N-methyl/N-ethyl adjacent to an activating group) is 1. The number of aryl methyl sites for hydroxylation is 1. The lowest BCUT2D eigenvalue weighted by atomic mass is 10.0. The number of sulfonamides is 1. The van der Waals surface area contributed by atoms with Gasteiger partial charge in [0.15, 0.2) is 0 Å². The molecule has 39 heavy (non-hydrogen) atoms. The largest absolute Gasteiger partial charge is 0.352 e. The zero-order valence-electron chi connectivity index (χ0n) is 22.8. The average molecular weight is 570 g/mol. The van der Waals surface area contributed by atoms with Crippen molar-refractivity contribution in [2.24, 2.45) is 0 Å². The van der Waals surface area contributed by atoms with Crippen LogP contribution in [0.1, 0.15) is 37.0 Å². The van der Waals surface area contributed by atoms with Gasteiger partial charge >= 0.3 is 0 Å². The molecular weight excluding hydrogens is 534 g/mol. The van der Waals surface area contributed by atoms with E-state index in [0.29, 0.717) is 5.02 Å². The Kier molecular flexibility index (Phi) is 10.7. The normalized spacial score (nSPS) is 13.1. The molecule has 0 saturated heterocycles. The summed E-state index contributed by atoms with van der Waals surface area (Å²) in [6.07, 6.45) is 1.02. The summed E-state index contributed by atoms with van der Waals surface area (Å²) in [6.45, 7) is 5.56. The van der Waals surface area contributed by atoms with Gasteiger partial charge in [0.05, 0.1) is 11.4 Å². The van der Waals surface area contributed by atoms with Crippen molar-refractivity contribution in [2.45, 2.75) is 57.1 Å². The second-order valence-electron chi connectivity index (χ2n) is 9.69. The number of nitrogens with zero attached hydrogens (tertiary/aromatic N) is 2. The van der Waals surface area contributed by atoms with Gasteiger partial charge in [-0.25, -0.2) is 8.42 Å². The molecule has 0 aliphatic rings. The van der Waals surface area contributed by atoms with Crippen molar-refractivity contribution in [3.63, 3.8) is 0 Å². The maximum atomic E-state index is 13.9. The van der Waals surface area contributed by atoms with Crippen molar-refractivity contribution in [3.8, 4) is 0 Å². The summed E-state index contributed by atoms with van der Waals surface area (Å²) < 4.78 is 27.5. The first-order valence-corrected chi connectivity index (χ1v) is 14.7. The molecule has 0 bridgehead atoms. The van der Waals surface area contributed by atoms with Crippen LogP contribution >= 0.6 is 11.6 Å². The van der Waals surface area contributed by atoms with Crippen LogP contribution in [0.4, 0.5) is 0 Å². The molecule has 3 aromatic rings. The standard InChI is InChI=1S/C30H36ClN3O4S/c1-5-23(3)32-30(36)28(19-24-12-7-6-8-13-24)34(20-25-14-10-9-11-22(25)2)29(35)21-33(4)39(37,38)27-17-15-26(31)16-18-27/h6-18,23,28H,5,19-21H2,1-4H3,(H,32,36)/t23-,28+/m1/s1. The second kappa shape index (κ2) is 13.7. The molecular formula is C30H36ClN3O4S. The predicted octanol–water partition coefficient (Wildman–Crippen LogP) is 4.82. The molecule has 2 amide bonds. The van der Waals surface area contributed by atoms with Gasteiger partial charge in [-0.05, 0) is 61.2 Å². The van der Waals surface area contributed by atoms with E-state index in [1.165, 1.54) is 36.2 Å². The number of hydrogen-bond acceptors (Lipinski definition) is 4. The van der Waals surface area contributed by atoms with E-state index >= 15 is 0 Å². The summed E-state index contributed by atoms with van der Waals surface area (Å²) in [5.74, 6) is -0.753. The van der Waals surface area contributed by atoms with Crippen molar-refractivity contribution in [3.05, 3.63) is 101 Å². The molecule has 0 heterocycles. The van der Waals surface area contributed by atoms with E-state index in [9.17, 15) is 18.0 Å². The van der Waals surface area contributed by atoms with Crippen molar-refractivity contribution >= 4 is 33.4 Å². The SMILES string of the molecule is CC[C@@H](C)NC(=O)[C@H](Cc1ccccc1)N(Cc1ccccc1C)C(=O)CN(C)S(=O)(=O)c1ccc(Cl)cc1. The first-order valence-electron chi connectivity index (χ1n) is 12.9. The van der Waals surface area contributed by atoms with Crippen molar-refractivity contribution in [1.29, 1.82) is 0 Å². The Labute approximate surface area is 236 Å². The molecule has 9 heteroatoms. The first kappa shape index (κ1) is 30.3. The van der Waals surface area contributed by atoms with Crippen LogP contribution in [0.25, 0.3) is 0 Å². The monoisotopic (exact) mass is 569 g/mol. The van der Waals surface area contributed by atoms with E-state index in [0.717, 1.165) is 27.4 Å². The highest BCUT2D eigenvalue weighted by atomic mass is 35.5. The fourth-order valence-electron chi connectivity index (χ4n) is 4.12. The third kappa shape index (κ3) is 8.14. The zero-order valence-corrected chi connectivity index (χ0v) is 24.4. The lowest BCUT2D eigenvalue weighted by Crippen LogP contribution is -2.54. The number of carbonyl (C=O) groups excluding carboxylic acids is 2. The van der Waals surface area contributed by atoms with Crippen LogP contribution < -0.4 is 5.32 Å². The Hall–Kier alpha value is -3.20. The Morgan fingerprint density at radius 3 is 2.18 bits per heavy atom. The van der Waals surface area contributed by atoms with Crippen molar-refractivity contribution < 1.29 is 18.0 Å². The Bertz CT molecular complexity index is 1360. The molecule has 0 spiro atoms. The van der Waals surface area contributed by atoms with E-state index in [4.69, 9.17) is 11.6 Å². The van der Waals surface area contributed by atoms with Crippen molar-refractivity contribution in [2.75, 3.05) is 13.6 Å². The van der Waals surface area contributed by atoms with Gasteiger partial charge in [-0.15, -0.1) is 0 Å². The van der Waals surface area contributed by atoms with Crippen LogP contribution in [0.15, 0.2) is 83.8 Å². The lowest BCUT2D eigenvalue weighted by Gasteiger charge is -2.33. The summed E-state index contributed by atoms with van der Waals surface area (Å²) in [5.41, 5.74) is 2.74. The molecule has 3 aromatic carbocycles. The molecule has 0 aromatic heterocycles. The molecule has 0 fully saturated rings. The fourth-order valence-corrected chi connectivity index (χ4v) is 5.37. The van der Waals surface area contributed by atoms with E-state index in [-0.39, 0.29) is 29.8 Å². The van der Waals surface area contributed by atoms with Crippen LogP contribution in [-0.4, -0.2) is 55.1 Å². The van der Waals surface area contributed by atoms with Crippen LogP contribution in [-0.2, 0) is 32.6 Å². The average Bonchev–Trinajstić information content (AvgIpc) is 2.92. The highest BCUT2D eigenvalue weighted by Crippen LogP contribution is 2.20. The molecule has 7 nitrogen and oxygen atoms in total. The summed E-state index contributed by atoms with van der Waals surface area (Å²) in [7, 11) is -2.61. The van der Waals surface area contributed by atoms with E-state index in [2.05, 4.69) is 5.32 Å². The number of rotatable bonds is 12. The van der Waals surface area contributed by atoms with E-state index in [1.807, 2.05) is 75.4 Å². The minimum absolute atomic E-state index is 0.0306. The van der Waals surface area contributed by atoms with Gasteiger partial charge in [-0.2, -0.15) is 4.31 Å². The van der Waals surface area contributed by atoms with Gasteiger partial charge in [-0.3, -0.25) is 9.59 Å². The number of nitrogens with one attached hydrogen (secondary N) is 1. The van der Waals surface area contributed by atoms with Gasteiger partial charge in [0, 0.05) is 31.1 Å². The van der Waals surface area contributed by atoms with E-state index < -0.39 is 28.5 Å². The van der Waals surface area contributed by atoms with Gasteiger partial charge in [-0.1, -0.05) is 73.1 Å². The Morgan fingerprint density at radius 1 is 0.949 bits per heavy atom. The lowest BCUT2D eigenvalue weighted by molar-refractivity contribution is -0.141. The van der Waals surface area contributed by atoms with Gasteiger partial charge in [0.1, 0.15) is 6.04 Å². The fraction of sp³-hybridized carbons (Fsp3) is 0.333. The minimum atomic E-state index is -3.97.